The summed E-state index contributed by atoms with van der Waals surface area (Å²) in [6.45, 7) is 0. The number of hydrogen-bond donors (Lipinski definition) is 1. The normalized spacial score (nSPS) is 36.2. The van der Waals surface area contributed by atoms with E-state index in [-0.39, 0.29) is 18.2 Å². The molecule has 0 radical (unpaired) electrons. The predicted octanol–water partition coefficient (Wildman–Crippen LogP) is 0.551. The molecule has 3 unspecified atom stereocenters. The van der Waals surface area contributed by atoms with Gasteiger partial charge in [0.05, 0.1) is 18.3 Å². The van der Waals surface area contributed by atoms with Gasteiger partial charge in [-0.15, -0.1) is 0 Å². The van der Waals surface area contributed by atoms with Gasteiger partial charge in [0.1, 0.15) is 12.4 Å². The number of nitrogens with one attached hydrogen (secondary N) is 1. The van der Waals surface area contributed by atoms with Gasteiger partial charge in [0.15, 0.2) is 0 Å². The first-order valence-electron chi connectivity index (χ1n) is 4.28. The summed E-state index contributed by atoms with van der Waals surface area (Å²) < 4.78 is 5.40. The van der Waals surface area contributed by atoms with Crippen molar-refractivity contribution < 1.29 is 9.53 Å². The van der Waals surface area contributed by atoms with Gasteiger partial charge in [-0.2, -0.15) is 0 Å². The average Bonchev–Trinajstić information content (AvgIpc) is 2.38. The lowest BCUT2D eigenvalue weighted by atomic mass is 10.1. The quantitative estimate of drug-likeness (QED) is 0.594. The molecule has 0 aromatic heterocycles. The van der Waals surface area contributed by atoms with Crippen molar-refractivity contribution in [1.29, 1.82) is 0 Å². The van der Waals surface area contributed by atoms with E-state index < -0.39 is 0 Å². The van der Waals surface area contributed by atoms with Gasteiger partial charge in [-0.05, 0) is 12.2 Å². The standard InChI is InChI=1S/C10H11NO2/c12-7-8-5-6-13-10-4-2-1-3-9(10)11-8/h1-11H. The maximum atomic E-state index is 10.6. The zero-order valence-electron chi connectivity index (χ0n) is 7.09. The number of carbonyl (C=O) groups excluding carboxylic acids is 1. The second-order valence-corrected chi connectivity index (χ2v) is 3.05. The SMILES string of the molecule is O=CC1C=COC2C=CC=CC2N1. The van der Waals surface area contributed by atoms with Crippen LogP contribution in [0.4, 0.5) is 0 Å². The lowest BCUT2D eigenvalue weighted by Gasteiger charge is -2.23. The van der Waals surface area contributed by atoms with E-state index in [1.807, 2.05) is 24.3 Å². The molecular formula is C10H11NO2. The van der Waals surface area contributed by atoms with E-state index in [4.69, 9.17) is 4.74 Å². The Balaban J connectivity index is 2.14. The van der Waals surface area contributed by atoms with Crippen molar-refractivity contribution in [2.45, 2.75) is 18.2 Å². The summed E-state index contributed by atoms with van der Waals surface area (Å²) in [6, 6.07) is -0.152. The van der Waals surface area contributed by atoms with E-state index >= 15 is 0 Å². The summed E-state index contributed by atoms with van der Waals surface area (Å²) in [5.41, 5.74) is 0. The second kappa shape index (κ2) is 3.58. The summed E-state index contributed by atoms with van der Waals surface area (Å²) in [5, 5.41) is 3.15. The van der Waals surface area contributed by atoms with Crippen LogP contribution in [-0.2, 0) is 9.53 Å². The molecule has 0 amide bonds. The lowest BCUT2D eigenvalue weighted by molar-refractivity contribution is -0.108. The van der Waals surface area contributed by atoms with Crippen molar-refractivity contribution >= 4 is 6.29 Å². The van der Waals surface area contributed by atoms with Gasteiger partial charge in [-0.25, -0.2) is 0 Å². The van der Waals surface area contributed by atoms with Crippen LogP contribution in [0, 0.1) is 0 Å². The third-order valence-corrected chi connectivity index (χ3v) is 2.14. The molecule has 3 heteroatoms. The highest BCUT2D eigenvalue weighted by Gasteiger charge is 2.23. The highest BCUT2D eigenvalue weighted by atomic mass is 16.5. The third kappa shape index (κ3) is 1.70. The minimum atomic E-state index is -0.244. The van der Waals surface area contributed by atoms with Crippen LogP contribution in [0.5, 0.6) is 0 Å². The van der Waals surface area contributed by atoms with Crippen molar-refractivity contribution in [3.8, 4) is 0 Å². The van der Waals surface area contributed by atoms with Crippen LogP contribution in [0.1, 0.15) is 0 Å². The Morgan fingerprint density at radius 1 is 1.23 bits per heavy atom. The molecule has 3 nitrogen and oxygen atoms in total. The minimum absolute atomic E-state index is 0.00574. The molecule has 0 saturated heterocycles. The molecule has 0 aromatic carbocycles. The number of aldehydes is 1. The summed E-state index contributed by atoms with van der Waals surface area (Å²) in [5.74, 6) is 0. The maximum absolute atomic E-state index is 10.6. The minimum Gasteiger partial charge on any atom is -0.492 e. The molecule has 1 heterocycles. The van der Waals surface area contributed by atoms with Gasteiger partial charge < -0.3 is 9.53 Å². The van der Waals surface area contributed by atoms with Crippen LogP contribution >= 0.6 is 0 Å². The molecule has 1 N–H and O–H groups in total. The molecular weight excluding hydrogens is 166 g/mol. The molecule has 3 atom stereocenters. The average molecular weight is 177 g/mol. The molecule has 1 aliphatic carbocycles. The number of rotatable bonds is 1. The Bertz CT molecular complexity index is 281. The first kappa shape index (κ1) is 8.26. The van der Waals surface area contributed by atoms with Crippen LogP contribution in [0.3, 0.4) is 0 Å². The molecule has 0 aromatic rings. The highest BCUT2D eigenvalue weighted by Crippen LogP contribution is 2.12. The maximum Gasteiger partial charge on any atom is 0.140 e. The van der Waals surface area contributed by atoms with Crippen molar-refractivity contribution in [3.63, 3.8) is 0 Å². The zero-order chi connectivity index (χ0) is 9.10. The summed E-state index contributed by atoms with van der Waals surface area (Å²) >= 11 is 0. The van der Waals surface area contributed by atoms with Crippen molar-refractivity contribution in [2.75, 3.05) is 0 Å². The van der Waals surface area contributed by atoms with Gasteiger partial charge in [0.25, 0.3) is 0 Å². The zero-order valence-corrected chi connectivity index (χ0v) is 7.09. The highest BCUT2D eigenvalue weighted by molar-refractivity contribution is 5.61. The molecule has 0 bridgehead atoms. The van der Waals surface area contributed by atoms with E-state index in [0.29, 0.717) is 0 Å². The molecule has 2 rings (SSSR count). The molecule has 0 fully saturated rings. The number of hydrogen-bond acceptors (Lipinski definition) is 3. The Labute approximate surface area is 76.8 Å². The van der Waals surface area contributed by atoms with Crippen LogP contribution < -0.4 is 5.32 Å². The molecule has 0 spiro atoms. The van der Waals surface area contributed by atoms with Gasteiger partial charge in [0.2, 0.25) is 0 Å². The Kier molecular flexibility index (Phi) is 2.27. The molecule has 2 aliphatic rings. The van der Waals surface area contributed by atoms with Crippen LogP contribution in [0.25, 0.3) is 0 Å². The van der Waals surface area contributed by atoms with Gasteiger partial charge in [-0.1, -0.05) is 18.2 Å². The number of carbonyl (C=O) groups is 1. The fraction of sp³-hybridized carbons (Fsp3) is 0.300. The van der Waals surface area contributed by atoms with Gasteiger partial charge >= 0.3 is 0 Å². The van der Waals surface area contributed by atoms with Crippen LogP contribution in [0.2, 0.25) is 0 Å². The van der Waals surface area contributed by atoms with Crippen molar-refractivity contribution in [1.82, 2.24) is 5.32 Å². The topological polar surface area (TPSA) is 38.3 Å². The monoisotopic (exact) mass is 177 g/mol. The van der Waals surface area contributed by atoms with E-state index in [9.17, 15) is 4.79 Å². The largest absolute Gasteiger partial charge is 0.492 e. The Morgan fingerprint density at radius 3 is 2.92 bits per heavy atom. The Hall–Kier alpha value is -1.35. The van der Waals surface area contributed by atoms with E-state index in [1.165, 1.54) is 0 Å². The number of allylic oxidation sites excluding steroid dienone is 2. The summed E-state index contributed by atoms with van der Waals surface area (Å²) in [7, 11) is 0. The molecule has 0 saturated carbocycles. The van der Waals surface area contributed by atoms with E-state index in [1.54, 1.807) is 12.3 Å². The summed E-state index contributed by atoms with van der Waals surface area (Å²) in [6.07, 6.45) is 12.0. The smallest absolute Gasteiger partial charge is 0.140 e. The molecule has 13 heavy (non-hydrogen) atoms. The second-order valence-electron chi connectivity index (χ2n) is 3.05. The Morgan fingerprint density at radius 2 is 2.08 bits per heavy atom. The van der Waals surface area contributed by atoms with Crippen LogP contribution in [0.15, 0.2) is 36.6 Å². The summed E-state index contributed by atoms with van der Waals surface area (Å²) in [4.78, 5) is 10.6. The van der Waals surface area contributed by atoms with Crippen molar-refractivity contribution in [3.05, 3.63) is 36.6 Å². The third-order valence-electron chi connectivity index (χ3n) is 2.14. The first-order chi connectivity index (χ1) is 6.40. The van der Waals surface area contributed by atoms with Crippen molar-refractivity contribution in [2.24, 2.45) is 0 Å². The predicted molar refractivity (Wildman–Crippen MR) is 49.1 cm³/mol. The van der Waals surface area contributed by atoms with Crippen LogP contribution in [-0.4, -0.2) is 24.5 Å². The number of fused-ring (bicyclic) bond motifs is 1. The number of ether oxygens (including phenoxy) is 1. The fourth-order valence-electron chi connectivity index (χ4n) is 1.45. The van der Waals surface area contributed by atoms with E-state index in [0.717, 1.165) is 6.29 Å². The fourth-order valence-corrected chi connectivity index (χ4v) is 1.45. The van der Waals surface area contributed by atoms with Gasteiger partial charge in [0, 0.05) is 0 Å². The first-order valence-corrected chi connectivity index (χ1v) is 4.28. The van der Waals surface area contributed by atoms with E-state index in [2.05, 4.69) is 5.32 Å². The molecule has 68 valence electrons. The van der Waals surface area contributed by atoms with Gasteiger partial charge in [-0.3, -0.25) is 5.32 Å². The lowest BCUT2D eigenvalue weighted by Crippen LogP contribution is -2.43. The molecule has 1 aliphatic heterocycles.